The molecule has 9 atom stereocenters. The molecule has 16 heteroatoms. The number of methoxy groups -OCH3 is 2. The largest absolute Gasteiger partial charge is 0.488 e. The van der Waals surface area contributed by atoms with Gasteiger partial charge in [0.25, 0.3) is 0 Å². The fourth-order valence-corrected chi connectivity index (χ4v) is 10.8. The van der Waals surface area contributed by atoms with E-state index >= 15 is 0 Å². The predicted octanol–water partition coefficient (Wildman–Crippen LogP) is 8.08. The van der Waals surface area contributed by atoms with Crippen LogP contribution in [0.2, 0.25) is 0 Å². The lowest BCUT2D eigenvalue weighted by Gasteiger charge is -2.39. The Morgan fingerprint density at radius 3 is 2.15 bits per heavy atom. The lowest BCUT2D eigenvalue weighted by Crippen LogP contribution is -2.55. The minimum absolute atomic E-state index is 0.0195. The van der Waals surface area contributed by atoms with Crippen LogP contribution in [0.5, 0.6) is 5.75 Å². The topological polar surface area (TPSA) is 193 Å². The van der Waals surface area contributed by atoms with Gasteiger partial charge in [-0.2, -0.15) is 0 Å². The van der Waals surface area contributed by atoms with Crippen molar-refractivity contribution >= 4 is 45.8 Å². The third kappa shape index (κ3) is 8.25. The molecule has 2 aromatic heterocycles. The number of imidazole rings is 2. The van der Waals surface area contributed by atoms with Gasteiger partial charge in [-0.3, -0.25) is 9.59 Å². The van der Waals surface area contributed by atoms with Gasteiger partial charge in [0.15, 0.2) is 0 Å². The lowest BCUT2D eigenvalue weighted by atomic mass is 9.85. The molecule has 4 aliphatic rings. The normalized spacial score (nSPS) is 24.9. The Morgan fingerprint density at radius 1 is 0.785 bits per heavy atom. The van der Waals surface area contributed by atoms with Crippen molar-refractivity contribution in [2.24, 2.45) is 11.8 Å². The maximum Gasteiger partial charge on any atom is 0.407 e. The van der Waals surface area contributed by atoms with Gasteiger partial charge in [-0.15, -0.1) is 0 Å². The van der Waals surface area contributed by atoms with Gasteiger partial charge in [-0.05, 0) is 124 Å². The number of rotatable bonds is 9. The molecule has 0 bridgehead atoms. The fraction of sp³-hybridized carbons (Fsp3) is 0.510. The van der Waals surface area contributed by atoms with Gasteiger partial charge in [0.05, 0.1) is 61.4 Å². The number of nitrogens with zero attached hydrogens (tertiary/aromatic N) is 4. The van der Waals surface area contributed by atoms with Gasteiger partial charge in [0, 0.05) is 23.0 Å². The second-order valence-electron chi connectivity index (χ2n) is 18.8. The number of hydrogen-bond donors (Lipinski definition) is 4. The van der Waals surface area contributed by atoms with Crippen LogP contribution in [-0.4, -0.2) is 104 Å². The van der Waals surface area contributed by atoms with Gasteiger partial charge < -0.3 is 49.3 Å². The number of aromatic amines is 2. The number of amides is 4. The standard InChI is InChI=1S/C49H60N8O8/c1-24(2)41(54-48(60)62-7)46(58)56-25(3)9-15-38(56)44-50-22-37(52-44)30-11-13-33-32(19-30)23-64-40-21-34-29(20-35(33)40)12-14-36-43(34)53-45(51-36)39-16-10-26(4)57(39)47(59)42(55-49(61)63-8)31-17-27(5)65-28(6)18-31/h11-14,19-22,24-28,31,38-39,41-42H,9-10,15-18,23H2,1-8H3,(H,50,52)(H,51,53)(H,54,60)(H,55,61)/t25-,26-,27-,28+,31?,38-,39-,41-,42+/m0/s1. The van der Waals surface area contributed by atoms with Crippen LogP contribution in [-0.2, 0) is 30.4 Å². The van der Waals surface area contributed by atoms with Gasteiger partial charge in [0.2, 0.25) is 11.8 Å². The Balaban J connectivity index is 0.965. The van der Waals surface area contributed by atoms with Crippen molar-refractivity contribution in [1.82, 2.24) is 40.4 Å². The quantitative estimate of drug-likeness (QED) is 0.112. The molecule has 3 fully saturated rings. The van der Waals surface area contributed by atoms with E-state index in [0.717, 1.165) is 81.2 Å². The molecule has 4 N–H and O–H groups in total. The first-order valence-corrected chi connectivity index (χ1v) is 23.0. The number of nitrogens with one attached hydrogen (secondary N) is 4. The molecule has 0 saturated carbocycles. The summed E-state index contributed by atoms with van der Waals surface area (Å²) >= 11 is 0. The minimum Gasteiger partial charge on any atom is -0.488 e. The highest BCUT2D eigenvalue weighted by atomic mass is 16.5. The van der Waals surface area contributed by atoms with E-state index in [-0.39, 0.29) is 60.0 Å². The Morgan fingerprint density at radius 2 is 1.46 bits per heavy atom. The van der Waals surface area contributed by atoms with E-state index in [1.54, 1.807) is 0 Å². The van der Waals surface area contributed by atoms with Crippen molar-refractivity contribution in [2.45, 2.75) is 135 Å². The molecule has 9 rings (SSSR count). The van der Waals surface area contributed by atoms with Crippen LogP contribution in [0.1, 0.15) is 109 Å². The number of carbonyl (C=O) groups is 4. The van der Waals surface area contributed by atoms with Crippen LogP contribution >= 0.6 is 0 Å². The van der Waals surface area contributed by atoms with Crippen LogP contribution in [0.15, 0.2) is 48.7 Å². The van der Waals surface area contributed by atoms with E-state index < -0.39 is 24.3 Å². The minimum atomic E-state index is -0.755. The van der Waals surface area contributed by atoms with Gasteiger partial charge >= 0.3 is 12.2 Å². The second-order valence-corrected chi connectivity index (χ2v) is 18.8. The van der Waals surface area contributed by atoms with E-state index in [4.69, 9.17) is 28.9 Å². The maximum atomic E-state index is 14.6. The van der Waals surface area contributed by atoms with Gasteiger partial charge in [0.1, 0.15) is 36.1 Å². The highest BCUT2D eigenvalue weighted by Crippen LogP contribution is 2.44. The van der Waals surface area contributed by atoms with Crippen molar-refractivity contribution in [3.05, 3.63) is 65.9 Å². The number of fused-ring (bicyclic) bond motifs is 6. The maximum absolute atomic E-state index is 14.6. The molecule has 3 aromatic carbocycles. The van der Waals surface area contributed by atoms with Crippen molar-refractivity contribution in [2.75, 3.05) is 14.2 Å². The van der Waals surface area contributed by atoms with Crippen LogP contribution in [0.25, 0.3) is 44.2 Å². The van der Waals surface area contributed by atoms with E-state index in [2.05, 4.69) is 63.9 Å². The summed E-state index contributed by atoms with van der Waals surface area (Å²) in [5, 5.41) is 7.58. The molecule has 0 spiro atoms. The third-order valence-electron chi connectivity index (χ3n) is 14.1. The van der Waals surface area contributed by atoms with Crippen molar-refractivity contribution in [3.63, 3.8) is 0 Å². The monoisotopic (exact) mass is 888 g/mol. The first-order valence-electron chi connectivity index (χ1n) is 23.0. The highest BCUT2D eigenvalue weighted by Gasteiger charge is 2.45. The predicted molar refractivity (Wildman–Crippen MR) is 244 cm³/mol. The number of alkyl carbamates (subject to hydrolysis) is 2. The van der Waals surface area contributed by atoms with Crippen LogP contribution < -0.4 is 15.4 Å². The molecule has 4 amide bonds. The zero-order chi connectivity index (χ0) is 45.8. The van der Waals surface area contributed by atoms with Crippen LogP contribution in [0.4, 0.5) is 9.59 Å². The average molecular weight is 889 g/mol. The number of ether oxygens (including phenoxy) is 4. The Hall–Kier alpha value is -6.16. The Labute approximate surface area is 378 Å². The molecular formula is C49H60N8O8. The molecule has 6 heterocycles. The average Bonchev–Trinajstić information content (AvgIpc) is 4.11. The van der Waals surface area contributed by atoms with E-state index in [1.165, 1.54) is 14.2 Å². The summed E-state index contributed by atoms with van der Waals surface area (Å²) in [5.41, 5.74) is 6.57. The molecule has 0 aliphatic carbocycles. The summed E-state index contributed by atoms with van der Waals surface area (Å²) in [6.45, 7) is 12.3. The molecule has 3 saturated heterocycles. The van der Waals surface area contributed by atoms with Crippen LogP contribution in [0.3, 0.4) is 0 Å². The zero-order valence-corrected chi connectivity index (χ0v) is 38.4. The van der Waals surface area contributed by atoms with Crippen molar-refractivity contribution in [1.29, 1.82) is 0 Å². The number of aromatic nitrogens is 4. The first kappa shape index (κ1) is 44.1. The van der Waals surface area contributed by atoms with E-state index in [1.807, 2.05) is 56.7 Å². The summed E-state index contributed by atoms with van der Waals surface area (Å²) in [7, 11) is 2.61. The molecular weight excluding hydrogens is 829 g/mol. The number of likely N-dealkylation sites (tertiary alicyclic amines) is 2. The summed E-state index contributed by atoms with van der Waals surface area (Å²) in [5.74, 6) is 1.67. The van der Waals surface area contributed by atoms with Gasteiger partial charge in [-0.25, -0.2) is 19.6 Å². The summed E-state index contributed by atoms with van der Waals surface area (Å²) in [4.78, 5) is 74.0. The Kier molecular flexibility index (Phi) is 12.0. The molecule has 1 unspecified atom stereocenters. The van der Waals surface area contributed by atoms with Gasteiger partial charge in [-0.1, -0.05) is 32.0 Å². The summed E-state index contributed by atoms with van der Waals surface area (Å²) < 4.78 is 22.3. The number of H-pyrrole nitrogens is 2. The lowest BCUT2D eigenvalue weighted by molar-refractivity contribution is -0.140. The number of hydrogen-bond acceptors (Lipinski definition) is 10. The van der Waals surface area contributed by atoms with Crippen LogP contribution in [0, 0.1) is 11.8 Å². The zero-order valence-electron chi connectivity index (χ0n) is 38.4. The molecule has 4 aliphatic heterocycles. The number of carbonyl (C=O) groups excluding carboxylic acids is 4. The summed E-state index contributed by atoms with van der Waals surface area (Å²) in [6.07, 6.45) is 4.91. The summed E-state index contributed by atoms with van der Waals surface area (Å²) in [6, 6.07) is 12.6. The fourth-order valence-electron chi connectivity index (χ4n) is 10.8. The third-order valence-corrected chi connectivity index (χ3v) is 14.1. The SMILES string of the molecule is COC(=O)N[C@H](C(=O)N1[C@@H](C)CC[C@H]1c1ncc(-c2ccc3c(c2)COc2cc4c(ccc5[nH]c([C@@H]6CC[C@H](C)N6C(=O)[C@H](NC(=O)OC)C6C[C@@H](C)O[C@@H](C)C6)nc54)cc2-3)[nH]1)C(C)C. The van der Waals surface area contributed by atoms with E-state index in [0.29, 0.717) is 31.1 Å². The smallest absolute Gasteiger partial charge is 0.407 e. The number of benzene rings is 3. The van der Waals surface area contributed by atoms with Crippen molar-refractivity contribution in [3.8, 4) is 28.1 Å². The van der Waals surface area contributed by atoms with E-state index in [9.17, 15) is 19.2 Å². The molecule has 344 valence electrons. The molecule has 65 heavy (non-hydrogen) atoms. The molecule has 5 aromatic rings. The Bertz CT molecular complexity index is 2630. The highest BCUT2D eigenvalue weighted by molar-refractivity contribution is 6.07. The molecule has 16 nitrogen and oxygen atoms in total. The molecule has 0 radical (unpaired) electrons. The second kappa shape index (κ2) is 17.7. The first-order chi connectivity index (χ1) is 31.2. The van der Waals surface area contributed by atoms with Crippen molar-refractivity contribution < 1.29 is 38.1 Å².